The summed E-state index contributed by atoms with van der Waals surface area (Å²) in [5.74, 6) is 6.44. The summed E-state index contributed by atoms with van der Waals surface area (Å²) in [7, 11) is 0. The first kappa shape index (κ1) is 17.7. The maximum absolute atomic E-state index is 14.4. The van der Waals surface area contributed by atoms with E-state index in [0.717, 1.165) is 57.0 Å². The van der Waals surface area contributed by atoms with Crippen molar-refractivity contribution < 1.29 is 13.9 Å². The molecule has 1 aromatic rings. The van der Waals surface area contributed by atoms with Crippen molar-refractivity contribution in [1.82, 2.24) is 15.0 Å². The molecule has 0 amide bonds. The van der Waals surface area contributed by atoms with Crippen molar-refractivity contribution in [1.29, 1.82) is 0 Å². The van der Waals surface area contributed by atoms with E-state index in [1.807, 2.05) is 0 Å². The lowest BCUT2D eigenvalue weighted by atomic mass is 9.92. The van der Waals surface area contributed by atoms with Crippen LogP contribution in [0, 0.1) is 11.6 Å². The molecule has 26 heavy (non-hydrogen) atoms. The van der Waals surface area contributed by atoms with Gasteiger partial charge in [-0.05, 0) is 62.8 Å². The summed E-state index contributed by atoms with van der Waals surface area (Å²) >= 11 is 0. The van der Waals surface area contributed by atoms with Gasteiger partial charge in [-0.3, -0.25) is 10.9 Å². The fourth-order valence-electron chi connectivity index (χ4n) is 4.57. The molecule has 1 saturated carbocycles. The van der Waals surface area contributed by atoms with Crippen molar-refractivity contribution in [2.75, 3.05) is 13.1 Å². The highest BCUT2D eigenvalue weighted by Gasteiger charge is 2.39. The number of hydrazine groups is 2. The van der Waals surface area contributed by atoms with E-state index in [-0.39, 0.29) is 24.0 Å². The fourth-order valence-corrected chi connectivity index (χ4v) is 4.57. The zero-order chi connectivity index (χ0) is 18.3. The second-order valence-corrected chi connectivity index (χ2v) is 7.51. The first-order chi connectivity index (χ1) is 12.5. The van der Waals surface area contributed by atoms with E-state index in [1.165, 1.54) is 12.1 Å². The van der Waals surface area contributed by atoms with E-state index in [4.69, 9.17) is 5.84 Å². The van der Waals surface area contributed by atoms with Crippen molar-refractivity contribution >= 4 is 0 Å². The van der Waals surface area contributed by atoms with Gasteiger partial charge in [0.2, 0.25) is 0 Å². The Labute approximate surface area is 152 Å². The zero-order valence-electron chi connectivity index (χ0n) is 14.8. The van der Waals surface area contributed by atoms with Crippen LogP contribution in [0.3, 0.4) is 0 Å². The average molecular weight is 364 g/mol. The molecular weight excluding hydrogens is 338 g/mol. The molecule has 4 rings (SSSR count). The number of aliphatic hydroxyl groups excluding tert-OH is 1. The molecule has 2 aliphatic heterocycles. The van der Waals surface area contributed by atoms with Gasteiger partial charge in [-0.2, -0.15) is 5.12 Å². The Kier molecular flexibility index (Phi) is 4.86. The summed E-state index contributed by atoms with van der Waals surface area (Å²) in [4.78, 5) is 2.16. The molecular formula is C19H26F2N4O. The standard InChI is InChI=1S/C19H26F2N4O/c20-13-3-8-17(21)16(12-13)18-2-1-10-23(18)19-9-11-24(22)25(19)14-4-6-15(26)7-5-14/h3,8-9,12,14-15,18,26H,1-2,4-7,10-11,22H2/t14?,15?,18-/m1/s1. The van der Waals surface area contributed by atoms with E-state index in [9.17, 15) is 13.9 Å². The molecule has 0 bridgehead atoms. The average Bonchev–Trinajstić information content (AvgIpc) is 3.24. The summed E-state index contributed by atoms with van der Waals surface area (Å²) in [6.45, 7) is 1.40. The third kappa shape index (κ3) is 3.19. The second kappa shape index (κ2) is 7.13. The zero-order valence-corrected chi connectivity index (χ0v) is 14.8. The Balaban J connectivity index is 1.59. The van der Waals surface area contributed by atoms with Gasteiger partial charge in [-0.15, -0.1) is 0 Å². The van der Waals surface area contributed by atoms with Crippen molar-refractivity contribution in [2.24, 2.45) is 5.84 Å². The summed E-state index contributed by atoms with van der Waals surface area (Å²) in [6.07, 6.45) is 6.85. The predicted octanol–water partition coefficient (Wildman–Crippen LogP) is 2.65. The molecule has 1 saturated heterocycles. The van der Waals surface area contributed by atoms with Crippen LogP contribution in [0.25, 0.3) is 0 Å². The maximum atomic E-state index is 14.4. The predicted molar refractivity (Wildman–Crippen MR) is 94.1 cm³/mol. The van der Waals surface area contributed by atoms with Gasteiger partial charge in [0.25, 0.3) is 0 Å². The molecule has 1 aliphatic carbocycles. The SMILES string of the molecule is NN1CC=C(N2CCC[C@@H]2c2cc(F)ccc2F)N1C1CCC(O)CC1. The van der Waals surface area contributed by atoms with Gasteiger partial charge in [0, 0.05) is 18.2 Å². The van der Waals surface area contributed by atoms with Crippen LogP contribution in [-0.2, 0) is 0 Å². The van der Waals surface area contributed by atoms with E-state index < -0.39 is 5.82 Å². The molecule has 142 valence electrons. The molecule has 5 nitrogen and oxygen atoms in total. The van der Waals surface area contributed by atoms with Crippen molar-refractivity contribution in [3.8, 4) is 0 Å². The van der Waals surface area contributed by atoms with Crippen LogP contribution in [0.4, 0.5) is 8.78 Å². The minimum absolute atomic E-state index is 0.180. The molecule has 3 aliphatic rings. The lowest BCUT2D eigenvalue weighted by Gasteiger charge is -2.43. The summed E-state index contributed by atoms with van der Waals surface area (Å²) in [6, 6.07) is 3.74. The smallest absolute Gasteiger partial charge is 0.128 e. The van der Waals surface area contributed by atoms with Crippen LogP contribution in [-0.4, -0.2) is 45.4 Å². The Morgan fingerprint density at radius 1 is 1.08 bits per heavy atom. The van der Waals surface area contributed by atoms with Crippen molar-refractivity contribution in [3.05, 3.63) is 47.3 Å². The first-order valence-electron chi connectivity index (χ1n) is 9.46. The summed E-state index contributed by atoms with van der Waals surface area (Å²) < 4.78 is 28.1. The van der Waals surface area contributed by atoms with Crippen LogP contribution >= 0.6 is 0 Å². The van der Waals surface area contributed by atoms with Crippen LogP contribution < -0.4 is 5.84 Å². The summed E-state index contributed by atoms with van der Waals surface area (Å²) in [5.41, 5.74) is 0.415. The Morgan fingerprint density at radius 3 is 2.62 bits per heavy atom. The number of hydrogen-bond acceptors (Lipinski definition) is 5. The molecule has 1 aromatic carbocycles. The largest absolute Gasteiger partial charge is 0.393 e. The molecule has 0 radical (unpaired) electrons. The fraction of sp³-hybridized carbons (Fsp3) is 0.579. The monoisotopic (exact) mass is 364 g/mol. The molecule has 7 heteroatoms. The molecule has 0 aromatic heterocycles. The van der Waals surface area contributed by atoms with Gasteiger partial charge in [-0.1, -0.05) is 0 Å². The Morgan fingerprint density at radius 2 is 1.85 bits per heavy atom. The number of nitrogens with two attached hydrogens (primary N) is 1. The number of nitrogens with zero attached hydrogens (tertiary/aromatic N) is 3. The highest BCUT2D eigenvalue weighted by molar-refractivity contribution is 5.26. The van der Waals surface area contributed by atoms with Crippen LogP contribution in [0.2, 0.25) is 0 Å². The van der Waals surface area contributed by atoms with Crippen molar-refractivity contribution in [3.63, 3.8) is 0 Å². The number of rotatable bonds is 3. The summed E-state index contributed by atoms with van der Waals surface area (Å²) in [5, 5.41) is 13.6. The normalized spacial score (nSPS) is 30.2. The molecule has 1 atom stereocenters. The molecule has 2 heterocycles. The van der Waals surface area contributed by atoms with Gasteiger partial charge in [0.1, 0.15) is 17.5 Å². The maximum Gasteiger partial charge on any atom is 0.128 e. The van der Waals surface area contributed by atoms with Gasteiger partial charge in [0.15, 0.2) is 0 Å². The third-order valence-corrected chi connectivity index (χ3v) is 5.85. The number of likely N-dealkylation sites (tertiary alicyclic amines) is 1. The lowest BCUT2D eigenvalue weighted by Crippen LogP contribution is -2.52. The number of halogens is 2. The van der Waals surface area contributed by atoms with Crippen molar-refractivity contribution in [2.45, 2.75) is 56.7 Å². The number of hydrogen-bond donors (Lipinski definition) is 2. The highest BCUT2D eigenvalue weighted by atomic mass is 19.1. The van der Waals surface area contributed by atoms with Crippen LogP contribution in [0.1, 0.15) is 50.1 Å². The molecule has 3 N–H and O–H groups in total. The van der Waals surface area contributed by atoms with Gasteiger partial charge < -0.3 is 10.0 Å². The van der Waals surface area contributed by atoms with Gasteiger partial charge >= 0.3 is 0 Å². The van der Waals surface area contributed by atoms with E-state index in [0.29, 0.717) is 12.1 Å². The molecule has 0 spiro atoms. The first-order valence-corrected chi connectivity index (χ1v) is 9.46. The van der Waals surface area contributed by atoms with Crippen LogP contribution in [0.5, 0.6) is 0 Å². The number of benzene rings is 1. The second-order valence-electron chi connectivity index (χ2n) is 7.51. The van der Waals surface area contributed by atoms with E-state index in [2.05, 4.69) is 16.0 Å². The topological polar surface area (TPSA) is 56.0 Å². The lowest BCUT2D eigenvalue weighted by molar-refractivity contribution is -0.0519. The Bertz CT molecular complexity index is 690. The van der Waals surface area contributed by atoms with Gasteiger partial charge in [0.05, 0.1) is 18.7 Å². The minimum Gasteiger partial charge on any atom is -0.393 e. The van der Waals surface area contributed by atoms with E-state index >= 15 is 0 Å². The number of aliphatic hydroxyl groups is 1. The minimum atomic E-state index is -0.410. The highest BCUT2D eigenvalue weighted by Crippen LogP contribution is 2.40. The van der Waals surface area contributed by atoms with Gasteiger partial charge in [-0.25, -0.2) is 8.78 Å². The quantitative estimate of drug-likeness (QED) is 0.808. The van der Waals surface area contributed by atoms with Crippen LogP contribution in [0.15, 0.2) is 30.1 Å². The molecule has 0 unspecified atom stereocenters. The third-order valence-electron chi connectivity index (χ3n) is 5.85. The van der Waals surface area contributed by atoms with E-state index in [1.54, 1.807) is 5.12 Å². The molecule has 2 fully saturated rings. The Hall–Kier alpha value is -1.70.